The molecule has 124 valence electrons. The summed E-state index contributed by atoms with van der Waals surface area (Å²) in [6.07, 6.45) is 1.86. The summed E-state index contributed by atoms with van der Waals surface area (Å²) in [5, 5.41) is 3.27. The minimum Gasteiger partial charge on any atom is -0.380 e. The van der Waals surface area contributed by atoms with Gasteiger partial charge in [-0.1, -0.05) is 30.3 Å². The number of aromatic nitrogens is 2. The molecule has 0 atom stereocenters. The fraction of sp³-hybridized carbons (Fsp3) is 0.412. The van der Waals surface area contributed by atoms with Crippen LogP contribution in [0.25, 0.3) is 11.3 Å². The molecule has 6 heteroatoms. The summed E-state index contributed by atoms with van der Waals surface area (Å²) in [6, 6.07) is 10.2. The van der Waals surface area contributed by atoms with Crippen LogP contribution >= 0.6 is 0 Å². The van der Waals surface area contributed by atoms with Gasteiger partial charge < -0.3 is 19.9 Å². The van der Waals surface area contributed by atoms with Crippen molar-refractivity contribution in [3.63, 3.8) is 0 Å². The molecule has 2 N–H and O–H groups in total. The predicted octanol–water partition coefficient (Wildman–Crippen LogP) is 2.12. The van der Waals surface area contributed by atoms with Gasteiger partial charge >= 0.3 is 0 Å². The molecule has 0 bridgehead atoms. The molecule has 0 amide bonds. The minimum atomic E-state index is 0.654. The first-order valence-electron chi connectivity index (χ1n) is 7.83. The number of ether oxygens (including phenoxy) is 1. The van der Waals surface area contributed by atoms with E-state index in [0.29, 0.717) is 13.2 Å². The van der Waals surface area contributed by atoms with E-state index in [4.69, 9.17) is 4.74 Å². The number of imidazole rings is 1. The summed E-state index contributed by atoms with van der Waals surface area (Å²) in [6.45, 7) is 4.77. The number of guanidine groups is 1. The van der Waals surface area contributed by atoms with Crippen LogP contribution in [-0.2, 0) is 11.3 Å². The number of nitrogens with one attached hydrogen (secondary N) is 2. The standard InChI is InChI=1S/C17H25N5O/c1-4-23-11-10-19-17(18-2)22(3)13-16-20-12-15(21-16)14-8-6-5-7-9-14/h5-9,12H,4,10-11,13H2,1-3H3,(H,18,19)(H,20,21). The van der Waals surface area contributed by atoms with Crippen LogP contribution in [0.15, 0.2) is 41.5 Å². The van der Waals surface area contributed by atoms with Gasteiger partial charge in [-0.2, -0.15) is 0 Å². The van der Waals surface area contributed by atoms with Crippen molar-refractivity contribution in [1.82, 2.24) is 20.2 Å². The second-order valence-corrected chi connectivity index (χ2v) is 5.14. The Hall–Kier alpha value is -2.34. The largest absolute Gasteiger partial charge is 0.380 e. The van der Waals surface area contributed by atoms with E-state index in [0.717, 1.165) is 36.2 Å². The summed E-state index contributed by atoms with van der Waals surface area (Å²) >= 11 is 0. The molecular formula is C17H25N5O. The van der Waals surface area contributed by atoms with Crippen LogP contribution in [0.2, 0.25) is 0 Å². The zero-order valence-electron chi connectivity index (χ0n) is 14.0. The van der Waals surface area contributed by atoms with Crippen LogP contribution in [-0.4, -0.2) is 54.7 Å². The third-order valence-electron chi connectivity index (χ3n) is 3.41. The maximum atomic E-state index is 5.32. The van der Waals surface area contributed by atoms with Crippen molar-refractivity contribution in [2.24, 2.45) is 4.99 Å². The lowest BCUT2D eigenvalue weighted by molar-refractivity contribution is 0.152. The van der Waals surface area contributed by atoms with Crippen molar-refractivity contribution in [2.75, 3.05) is 33.9 Å². The van der Waals surface area contributed by atoms with Crippen molar-refractivity contribution in [3.05, 3.63) is 42.4 Å². The molecule has 0 fully saturated rings. The number of nitrogens with zero attached hydrogens (tertiary/aromatic N) is 3. The van der Waals surface area contributed by atoms with Gasteiger partial charge in [-0.25, -0.2) is 4.98 Å². The van der Waals surface area contributed by atoms with E-state index in [1.54, 1.807) is 7.05 Å². The number of benzene rings is 1. The molecule has 0 saturated heterocycles. The van der Waals surface area contributed by atoms with Gasteiger partial charge in [0.05, 0.1) is 25.0 Å². The molecule has 2 aromatic rings. The van der Waals surface area contributed by atoms with E-state index in [-0.39, 0.29) is 0 Å². The Morgan fingerprint density at radius 1 is 1.35 bits per heavy atom. The van der Waals surface area contributed by atoms with E-state index in [1.165, 1.54) is 0 Å². The van der Waals surface area contributed by atoms with Gasteiger partial charge in [-0.05, 0) is 12.5 Å². The summed E-state index contributed by atoms with van der Waals surface area (Å²) in [5.74, 6) is 1.72. The molecule has 0 spiro atoms. The first-order valence-corrected chi connectivity index (χ1v) is 7.83. The van der Waals surface area contributed by atoms with Crippen LogP contribution in [0, 0.1) is 0 Å². The Bertz CT molecular complexity index is 608. The lowest BCUT2D eigenvalue weighted by Crippen LogP contribution is -2.40. The Labute approximate surface area is 137 Å². The highest BCUT2D eigenvalue weighted by Gasteiger charge is 2.09. The van der Waals surface area contributed by atoms with Crippen LogP contribution < -0.4 is 5.32 Å². The zero-order valence-corrected chi connectivity index (χ0v) is 14.0. The lowest BCUT2D eigenvalue weighted by Gasteiger charge is -2.21. The second-order valence-electron chi connectivity index (χ2n) is 5.14. The molecule has 1 aromatic carbocycles. The van der Waals surface area contributed by atoms with Crippen molar-refractivity contribution in [2.45, 2.75) is 13.5 Å². The first kappa shape index (κ1) is 17.0. The Kier molecular flexibility index (Phi) is 6.62. The second kappa shape index (κ2) is 8.95. The van der Waals surface area contributed by atoms with Crippen molar-refractivity contribution in [1.29, 1.82) is 0 Å². The lowest BCUT2D eigenvalue weighted by atomic mass is 10.2. The van der Waals surface area contributed by atoms with E-state index < -0.39 is 0 Å². The highest BCUT2D eigenvalue weighted by atomic mass is 16.5. The molecule has 0 unspecified atom stereocenters. The molecule has 0 aliphatic rings. The summed E-state index contributed by atoms with van der Waals surface area (Å²) < 4.78 is 5.32. The molecule has 2 rings (SSSR count). The van der Waals surface area contributed by atoms with Gasteiger partial charge in [-0.3, -0.25) is 4.99 Å². The fourth-order valence-electron chi connectivity index (χ4n) is 2.27. The molecule has 23 heavy (non-hydrogen) atoms. The smallest absolute Gasteiger partial charge is 0.193 e. The van der Waals surface area contributed by atoms with E-state index in [1.807, 2.05) is 43.3 Å². The van der Waals surface area contributed by atoms with Gasteiger partial charge in [0.1, 0.15) is 5.82 Å². The third kappa shape index (κ3) is 5.10. The van der Waals surface area contributed by atoms with Gasteiger partial charge in [0.15, 0.2) is 5.96 Å². The molecular weight excluding hydrogens is 290 g/mol. The van der Waals surface area contributed by atoms with Gasteiger partial charge in [0.25, 0.3) is 0 Å². The Balaban J connectivity index is 1.92. The highest BCUT2D eigenvalue weighted by Crippen LogP contribution is 2.16. The highest BCUT2D eigenvalue weighted by molar-refractivity contribution is 5.79. The van der Waals surface area contributed by atoms with Gasteiger partial charge in [-0.15, -0.1) is 0 Å². The average molecular weight is 315 g/mol. The number of aromatic amines is 1. The number of rotatable bonds is 7. The maximum absolute atomic E-state index is 5.32. The molecule has 0 saturated carbocycles. The third-order valence-corrected chi connectivity index (χ3v) is 3.41. The quantitative estimate of drug-likeness (QED) is 0.467. The average Bonchev–Trinajstić information content (AvgIpc) is 3.04. The maximum Gasteiger partial charge on any atom is 0.193 e. The first-order chi connectivity index (χ1) is 11.2. The fourth-order valence-corrected chi connectivity index (χ4v) is 2.27. The molecule has 1 heterocycles. The Morgan fingerprint density at radius 2 is 2.13 bits per heavy atom. The Morgan fingerprint density at radius 3 is 2.83 bits per heavy atom. The van der Waals surface area contributed by atoms with E-state index in [2.05, 4.69) is 32.4 Å². The molecule has 0 radical (unpaired) electrons. The molecule has 0 aliphatic carbocycles. The number of hydrogen-bond donors (Lipinski definition) is 2. The van der Waals surface area contributed by atoms with Crippen LogP contribution in [0.4, 0.5) is 0 Å². The summed E-state index contributed by atoms with van der Waals surface area (Å²) in [5.41, 5.74) is 2.15. The topological polar surface area (TPSA) is 65.5 Å². The summed E-state index contributed by atoms with van der Waals surface area (Å²) in [4.78, 5) is 14.1. The SMILES string of the molecule is CCOCCNC(=NC)N(C)Cc1ncc(-c2ccccc2)[nH]1. The van der Waals surface area contributed by atoms with Crippen molar-refractivity contribution in [3.8, 4) is 11.3 Å². The predicted molar refractivity (Wildman–Crippen MR) is 93.3 cm³/mol. The zero-order chi connectivity index (χ0) is 16.5. The van der Waals surface area contributed by atoms with Crippen molar-refractivity contribution < 1.29 is 4.74 Å². The van der Waals surface area contributed by atoms with Crippen LogP contribution in [0.5, 0.6) is 0 Å². The van der Waals surface area contributed by atoms with Crippen molar-refractivity contribution >= 4 is 5.96 Å². The van der Waals surface area contributed by atoms with E-state index in [9.17, 15) is 0 Å². The number of hydrogen-bond acceptors (Lipinski definition) is 3. The minimum absolute atomic E-state index is 0.654. The number of H-pyrrole nitrogens is 1. The molecule has 6 nitrogen and oxygen atoms in total. The van der Waals surface area contributed by atoms with Gasteiger partial charge in [0, 0.05) is 27.2 Å². The number of aliphatic imine (C=N–C) groups is 1. The van der Waals surface area contributed by atoms with E-state index >= 15 is 0 Å². The van der Waals surface area contributed by atoms with Crippen LogP contribution in [0.1, 0.15) is 12.7 Å². The van der Waals surface area contributed by atoms with Crippen LogP contribution in [0.3, 0.4) is 0 Å². The summed E-state index contributed by atoms with van der Waals surface area (Å²) in [7, 11) is 3.76. The monoisotopic (exact) mass is 315 g/mol. The van der Waals surface area contributed by atoms with Gasteiger partial charge in [0.2, 0.25) is 0 Å². The molecule has 0 aliphatic heterocycles. The normalized spacial score (nSPS) is 11.5. The molecule has 1 aromatic heterocycles.